The molecule has 14 atom stereocenters. The normalized spacial score (nSPS) is 51.5. The largest absolute Gasteiger partial charge is 0.394 e. The Hall–Kier alpha value is -0.600. The molecular formula is C18H34N2O13. The quantitative estimate of drug-likeness (QED) is 0.162. The minimum Gasteiger partial charge on any atom is -0.394 e. The van der Waals surface area contributed by atoms with Crippen LogP contribution in [0.3, 0.4) is 0 Å². The highest BCUT2D eigenvalue weighted by Crippen LogP contribution is 2.27. The molecule has 194 valence electrons. The van der Waals surface area contributed by atoms with E-state index in [2.05, 4.69) is 0 Å². The zero-order chi connectivity index (χ0) is 24.4. The second kappa shape index (κ2) is 11.4. The molecule has 0 bridgehead atoms. The molecule has 3 rings (SSSR count). The van der Waals surface area contributed by atoms with Gasteiger partial charge in [-0.3, -0.25) is 0 Å². The Morgan fingerprint density at radius 1 is 0.788 bits per heavy atom. The number of rotatable bonds is 7. The Morgan fingerprint density at radius 3 is 1.97 bits per heavy atom. The van der Waals surface area contributed by atoms with Crippen molar-refractivity contribution in [1.29, 1.82) is 0 Å². The van der Waals surface area contributed by atoms with Crippen LogP contribution in [0.15, 0.2) is 0 Å². The maximum absolute atomic E-state index is 10.2. The van der Waals surface area contributed by atoms with E-state index in [-0.39, 0.29) is 13.2 Å². The molecule has 0 aliphatic carbocycles. The maximum atomic E-state index is 10.2. The molecule has 0 unspecified atom stereocenters. The summed E-state index contributed by atoms with van der Waals surface area (Å²) in [5.74, 6) is 0. The fraction of sp³-hybridized carbons (Fsp3) is 1.00. The fourth-order valence-electron chi connectivity index (χ4n) is 3.98. The SMILES string of the molecule is CO[C@H]1O[C@H](CO[C@@H]2OC[C@@H](N)[C@H](O[C@H]3O[C@H](CO)[C@@H](O)[C@H](O)[C@@H]3O)[C@H]2N)[C@H](O)[C@H](O)[C@H]1O. The van der Waals surface area contributed by atoms with Crippen molar-refractivity contribution in [3.63, 3.8) is 0 Å². The van der Waals surface area contributed by atoms with Crippen molar-refractivity contribution >= 4 is 0 Å². The first kappa shape index (κ1) is 27.0. The van der Waals surface area contributed by atoms with Gasteiger partial charge in [0.05, 0.1) is 38.0 Å². The van der Waals surface area contributed by atoms with Crippen LogP contribution in [0, 0.1) is 0 Å². The Bertz CT molecular complexity index is 616. The average molecular weight is 486 g/mol. The van der Waals surface area contributed by atoms with Gasteiger partial charge >= 0.3 is 0 Å². The van der Waals surface area contributed by atoms with Crippen molar-refractivity contribution in [2.45, 2.75) is 85.9 Å². The van der Waals surface area contributed by atoms with E-state index in [4.69, 9.17) is 39.9 Å². The highest BCUT2D eigenvalue weighted by Gasteiger charge is 2.49. The molecule has 15 nitrogen and oxygen atoms in total. The lowest BCUT2D eigenvalue weighted by molar-refractivity contribution is -0.330. The first-order valence-corrected chi connectivity index (χ1v) is 10.5. The molecule has 3 aliphatic heterocycles. The second-order valence-corrected chi connectivity index (χ2v) is 8.32. The van der Waals surface area contributed by atoms with Crippen LogP contribution in [-0.2, 0) is 28.4 Å². The highest BCUT2D eigenvalue weighted by atomic mass is 16.7. The topological polar surface area (TPSA) is 249 Å². The van der Waals surface area contributed by atoms with Gasteiger partial charge in [0.25, 0.3) is 0 Å². The van der Waals surface area contributed by atoms with Gasteiger partial charge in [0.1, 0.15) is 48.8 Å². The predicted molar refractivity (Wildman–Crippen MR) is 104 cm³/mol. The molecule has 15 heteroatoms. The Labute approximate surface area is 189 Å². The van der Waals surface area contributed by atoms with Crippen LogP contribution < -0.4 is 11.5 Å². The van der Waals surface area contributed by atoms with Gasteiger partial charge in [-0.25, -0.2) is 0 Å². The molecule has 33 heavy (non-hydrogen) atoms. The highest BCUT2D eigenvalue weighted by molar-refractivity contribution is 4.95. The van der Waals surface area contributed by atoms with Crippen molar-refractivity contribution in [1.82, 2.24) is 0 Å². The summed E-state index contributed by atoms with van der Waals surface area (Å²) in [5, 5.41) is 69.3. The first-order valence-electron chi connectivity index (χ1n) is 10.5. The zero-order valence-electron chi connectivity index (χ0n) is 17.9. The lowest BCUT2D eigenvalue weighted by Crippen LogP contribution is -2.66. The van der Waals surface area contributed by atoms with E-state index in [0.717, 1.165) is 0 Å². The molecule has 11 N–H and O–H groups in total. The summed E-state index contributed by atoms with van der Waals surface area (Å²) in [7, 11) is 1.26. The van der Waals surface area contributed by atoms with Crippen LogP contribution in [0.25, 0.3) is 0 Å². The van der Waals surface area contributed by atoms with Crippen LogP contribution in [0.5, 0.6) is 0 Å². The number of methoxy groups -OCH3 is 1. The number of aliphatic hydroxyl groups is 7. The van der Waals surface area contributed by atoms with Crippen LogP contribution in [0.1, 0.15) is 0 Å². The molecule has 3 saturated heterocycles. The molecule has 0 aromatic carbocycles. The van der Waals surface area contributed by atoms with Gasteiger partial charge in [-0.05, 0) is 0 Å². The molecule has 0 amide bonds. The molecule has 3 fully saturated rings. The minimum atomic E-state index is -1.64. The third kappa shape index (κ3) is 5.64. The Morgan fingerprint density at radius 2 is 1.36 bits per heavy atom. The monoisotopic (exact) mass is 486 g/mol. The molecule has 0 saturated carbocycles. The number of aliphatic hydroxyl groups excluding tert-OH is 7. The van der Waals surface area contributed by atoms with Gasteiger partial charge in [0.15, 0.2) is 18.9 Å². The van der Waals surface area contributed by atoms with E-state index in [1.807, 2.05) is 0 Å². The number of hydrogen-bond acceptors (Lipinski definition) is 15. The fourth-order valence-corrected chi connectivity index (χ4v) is 3.98. The first-order chi connectivity index (χ1) is 15.6. The molecule has 0 radical (unpaired) electrons. The van der Waals surface area contributed by atoms with Gasteiger partial charge in [0, 0.05) is 7.11 Å². The summed E-state index contributed by atoms with van der Waals surface area (Å²) < 4.78 is 32.5. The molecule has 0 spiro atoms. The van der Waals surface area contributed by atoms with Crippen LogP contribution in [-0.4, -0.2) is 149 Å². The maximum Gasteiger partial charge on any atom is 0.187 e. The molecule has 3 heterocycles. The summed E-state index contributed by atoms with van der Waals surface area (Å²) in [5.41, 5.74) is 12.2. The van der Waals surface area contributed by atoms with E-state index in [0.29, 0.717) is 0 Å². The lowest BCUT2D eigenvalue weighted by Gasteiger charge is -2.45. The van der Waals surface area contributed by atoms with E-state index < -0.39 is 92.5 Å². The second-order valence-electron chi connectivity index (χ2n) is 8.32. The summed E-state index contributed by atoms with van der Waals surface area (Å²) in [6, 6.07) is -1.81. The van der Waals surface area contributed by atoms with Crippen molar-refractivity contribution < 1.29 is 64.2 Å². The third-order valence-electron chi connectivity index (χ3n) is 6.03. The van der Waals surface area contributed by atoms with Gasteiger partial charge in [0.2, 0.25) is 0 Å². The standard InChI is InChI=1S/C18H34N2O13/c1-28-17-13(26)12(25)10(23)7(32-17)4-30-16-8(20)15(5(19)3-29-16)33-18-14(27)11(24)9(22)6(2-21)31-18/h5-18,21-27H,2-4,19-20H2,1H3/t5-,6-,7-,8-,9-,10+,11+,12+,13-,14+,15+,16+,17+,18-/m1/s1. The van der Waals surface area contributed by atoms with Crippen molar-refractivity contribution in [2.24, 2.45) is 11.5 Å². The van der Waals surface area contributed by atoms with Gasteiger partial charge in [-0.2, -0.15) is 0 Å². The van der Waals surface area contributed by atoms with Gasteiger partial charge < -0.3 is 75.6 Å². The van der Waals surface area contributed by atoms with E-state index in [9.17, 15) is 35.7 Å². The minimum absolute atomic E-state index is 0.0728. The van der Waals surface area contributed by atoms with Crippen LogP contribution in [0.2, 0.25) is 0 Å². The average Bonchev–Trinajstić information content (AvgIpc) is 2.80. The van der Waals surface area contributed by atoms with E-state index in [1.54, 1.807) is 0 Å². The number of ether oxygens (including phenoxy) is 6. The van der Waals surface area contributed by atoms with Gasteiger partial charge in [-0.1, -0.05) is 0 Å². The van der Waals surface area contributed by atoms with Gasteiger partial charge in [-0.15, -0.1) is 0 Å². The predicted octanol–water partition coefficient (Wildman–Crippen LogP) is -6.35. The number of nitrogens with two attached hydrogens (primary N) is 2. The lowest BCUT2D eigenvalue weighted by atomic mass is 9.97. The van der Waals surface area contributed by atoms with E-state index in [1.165, 1.54) is 7.11 Å². The van der Waals surface area contributed by atoms with Crippen LogP contribution in [0.4, 0.5) is 0 Å². The summed E-state index contributed by atoms with van der Waals surface area (Å²) in [4.78, 5) is 0. The molecular weight excluding hydrogens is 452 g/mol. The third-order valence-corrected chi connectivity index (χ3v) is 6.03. The van der Waals surface area contributed by atoms with Crippen molar-refractivity contribution in [3.8, 4) is 0 Å². The van der Waals surface area contributed by atoms with Crippen LogP contribution >= 0.6 is 0 Å². The zero-order valence-corrected chi connectivity index (χ0v) is 17.9. The summed E-state index contributed by atoms with van der Waals surface area (Å²) in [6.07, 6.45) is -16.3. The summed E-state index contributed by atoms with van der Waals surface area (Å²) in [6.45, 7) is -1.00. The molecule has 0 aromatic heterocycles. The molecule has 0 aromatic rings. The Kier molecular flexibility index (Phi) is 9.35. The summed E-state index contributed by atoms with van der Waals surface area (Å²) >= 11 is 0. The smallest absolute Gasteiger partial charge is 0.187 e. The number of hydrogen-bond donors (Lipinski definition) is 9. The molecule has 3 aliphatic rings. The van der Waals surface area contributed by atoms with Crippen molar-refractivity contribution in [2.75, 3.05) is 26.9 Å². The van der Waals surface area contributed by atoms with E-state index >= 15 is 0 Å². The Balaban J connectivity index is 1.61. The van der Waals surface area contributed by atoms with Crippen molar-refractivity contribution in [3.05, 3.63) is 0 Å².